The lowest BCUT2D eigenvalue weighted by atomic mass is 10.0. The van der Waals surface area contributed by atoms with E-state index in [0.717, 1.165) is 11.3 Å². The summed E-state index contributed by atoms with van der Waals surface area (Å²) in [7, 11) is 1.32. The lowest BCUT2D eigenvalue weighted by Crippen LogP contribution is -2.14. The quantitative estimate of drug-likeness (QED) is 0.419. The normalized spacial score (nSPS) is 10.7. The summed E-state index contributed by atoms with van der Waals surface area (Å²) in [4.78, 5) is 35.3. The summed E-state index contributed by atoms with van der Waals surface area (Å²) in [6, 6.07) is 10.3. The van der Waals surface area contributed by atoms with Gasteiger partial charge in [-0.05, 0) is 41.3 Å². The number of methoxy groups -OCH3 is 1. The van der Waals surface area contributed by atoms with Crippen molar-refractivity contribution in [1.29, 1.82) is 0 Å². The molecule has 3 rings (SSSR count). The van der Waals surface area contributed by atoms with Gasteiger partial charge in [-0.2, -0.15) is 0 Å². The van der Waals surface area contributed by atoms with Gasteiger partial charge < -0.3 is 9.84 Å². The van der Waals surface area contributed by atoms with E-state index in [4.69, 9.17) is 4.74 Å². The molecule has 0 saturated heterocycles. The molecule has 1 aromatic heterocycles. The van der Waals surface area contributed by atoms with Crippen molar-refractivity contribution >= 4 is 32.9 Å². The molecule has 0 spiro atoms. The van der Waals surface area contributed by atoms with Crippen molar-refractivity contribution in [3.63, 3.8) is 0 Å². The third-order valence-corrected chi connectivity index (χ3v) is 4.80. The highest BCUT2D eigenvalue weighted by molar-refractivity contribution is 7.16. The molecule has 0 bridgehead atoms. The Balaban J connectivity index is 1.95. The van der Waals surface area contributed by atoms with Crippen molar-refractivity contribution in [2.45, 2.75) is 6.42 Å². The Morgan fingerprint density at radius 3 is 2.69 bits per heavy atom. The van der Waals surface area contributed by atoms with E-state index in [-0.39, 0.29) is 29.2 Å². The zero-order valence-corrected chi connectivity index (χ0v) is 14.4. The Kier molecular flexibility index (Phi) is 4.68. The molecule has 0 amide bonds. The number of carbonyl (C=O) groups excluding carboxylic acids is 1. The van der Waals surface area contributed by atoms with E-state index in [1.165, 1.54) is 37.4 Å². The molecule has 1 heterocycles. The number of phenolic OH excluding ortho intramolecular Hbond substituents is 1. The molecule has 0 saturated carbocycles. The second-order valence-corrected chi connectivity index (χ2v) is 6.55. The number of fused-ring (bicyclic) bond motifs is 1. The van der Waals surface area contributed by atoms with Crippen LogP contribution in [0.1, 0.15) is 15.9 Å². The summed E-state index contributed by atoms with van der Waals surface area (Å²) in [5, 5.41) is 21.2. The third-order valence-electron chi connectivity index (χ3n) is 3.82. The van der Waals surface area contributed by atoms with E-state index in [1.807, 2.05) is 0 Å². The molecule has 0 atom stereocenters. The van der Waals surface area contributed by atoms with Crippen LogP contribution in [0.15, 0.2) is 47.3 Å². The largest absolute Gasteiger partial charge is 0.508 e. The van der Waals surface area contributed by atoms with E-state index in [0.29, 0.717) is 15.6 Å². The molecule has 2 aromatic carbocycles. The number of rotatable bonds is 5. The van der Waals surface area contributed by atoms with Crippen molar-refractivity contribution in [1.82, 2.24) is 0 Å². The smallest absolute Gasteiger partial charge is 0.311 e. The number of nitrogens with zero attached hydrogens (tertiary/aromatic N) is 1. The number of ether oxygens (including phenoxy) is 1. The number of ketones is 1. The second-order valence-electron chi connectivity index (χ2n) is 5.53. The number of nitro benzene ring substituents is 1. The molecule has 0 radical (unpaired) electrons. The van der Waals surface area contributed by atoms with Crippen molar-refractivity contribution in [2.24, 2.45) is 0 Å². The minimum Gasteiger partial charge on any atom is -0.508 e. The van der Waals surface area contributed by atoms with Crippen LogP contribution < -0.4 is 9.48 Å². The number of carbonyl (C=O) groups is 1. The first-order valence-corrected chi connectivity index (χ1v) is 8.32. The lowest BCUT2D eigenvalue weighted by molar-refractivity contribution is -0.385. The lowest BCUT2D eigenvalue weighted by Gasteiger charge is -2.05. The fraction of sp³-hybridized carbons (Fsp3) is 0.111. The average Bonchev–Trinajstić information content (AvgIpc) is 2.60. The molecular weight excluding hydrogens is 358 g/mol. The first kappa shape index (κ1) is 17.6. The van der Waals surface area contributed by atoms with Gasteiger partial charge in [-0.25, -0.2) is 0 Å². The van der Waals surface area contributed by atoms with Crippen LogP contribution >= 0.6 is 11.3 Å². The SMILES string of the molecule is COc1ccc(CC(=O)c2cc3ccc(O)cc3sc2=O)cc1[N+](=O)[O-]. The van der Waals surface area contributed by atoms with Gasteiger partial charge in [0.1, 0.15) is 5.75 Å². The van der Waals surface area contributed by atoms with E-state index in [2.05, 4.69) is 0 Å². The second kappa shape index (κ2) is 6.93. The van der Waals surface area contributed by atoms with Crippen molar-refractivity contribution in [3.05, 3.63) is 73.2 Å². The number of hydrogen-bond donors (Lipinski definition) is 1. The van der Waals surface area contributed by atoms with Crippen LogP contribution in [0.3, 0.4) is 0 Å². The summed E-state index contributed by atoms with van der Waals surface area (Å²) in [6.07, 6.45) is -0.142. The standard InChI is InChI=1S/C18H13NO6S/c1-25-16-5-2-10(6-14(16)19(23)24)7-15(21)13-8-11-3-4-12(20)9-17(11)26-18(13)22/h2-6,8-9,20H,7H2,1H3. The Morgan fingerprint density at radius 1 is 1.23 bits per heavy atom. The number of hydrogen-bond acceptors (Lipinski definition) is 7. The summed E-state index contributed by atoms with van der Waals surface area (Å²) in [6.45, 7) is 0. The van der Waals surface area contributed by atoms with Gasteiger partial charge in [0.25, 0.3) is 0 Å². The van der Waals surface area contributed by atoms with Gasteiger partial charge in [-0.1, -0.05) is 17.4 Å². The molecule has 8 heteroatoms. The number of Topliss-reactive ketones (excluding diaryl/α,β-unsaturated/α-hetero) is 1. The van der Waals surface area contributed by atoms with Gasteiger partial charge in [0.15, 0.2) is 11.5 Å². The molecule has 7 nitrogen and oxygen atoms in total. The highest BCUT2D eigenvalue weighted by Crippen LogP contribution is 2.28. The minimum atomic E-state index is -0.587. The maximum atomic E-state index is 12.5. The van der Waals surface area contributed by atoms with E-state index in [9.17, 15) is 24.8 Å². The first-order chi connectivity index (χ1) is 12.4. The predicted octanol–water partition coefficient (Wildman–Crippen LogP) is 3.31. The van der Waals surface area contributed by atoms with Crippen LogP contribution in [0.4, 0.5) is 5.69 Å². The molecule has 0 aliphatic rings. The van der Waals surface area contributed by atoms with Gasteiger partial charge in [-0.15, -0.1) is 0 Å². The average molecular weight is 371 g/mol. The van der Waals surface area contributed by atoms with Crippen LogP contribution in [-0.2, 0) is 6.42 Å². The van der Waals surface area contributed by atoms with Crippen LogP contribution in [0.5, 0.6) is 11.5 Å². The molecule has 26 heavy (non-hydrogen) atoms. The van der Waals surface area contributed by atoms with Crippen LogP contribution in [-0.4, -0.2) is 22.9 Å². The minimum absolute atomic E-state index is 0.0201. The Hall–Kier alpha value is -3.26. The Bertz CT molecular complexity index is 1090. The van der Waals surface area contributed by atoms with Gasteiger partial charge in [-0.3, -0.25) is 19.7 Å². The van der Waals surface area contributed by atoms with Crippen molar-refractivity contribution < 1.29 is 19.6 Å². The van der Waals surface area contributed by atoms with E-state index in [1.54, 1.807) is 12.1 Å². The number of benzene rings is 2. The fourth-order valence-electron chi connectivity index (χ4n) is 2.56. The zero-order chi connectivity index (χ0) is 18.8. The fourth-order valence-corrected chi connectivity index (χ4v) is 3.47. The van der Waals surface area contributed by atoms with Gasteiger partial charge >= 0.3 is 5.69 Å². The summed E-state index contributed by atoms with van der Waals surface area (Å²) in [5.74, 6) is -0.290. The first-order valence-electron chi connectivity index (χ1n) is 7.50. The predicted molar refractivity (Wildman–Crippen MR) is 97.4 cm³/mol. The Labute approximate surface area is 151 Å². The highest BCUT2D eigenvalue weighted by atomic mass is 32.1. The van der Waals surface area contributed by atoms with Crippen molar-refractivity contribution in [2.75, 3.05) is 7.11 Å². The summed E-state index contributed by atoms with van der Waals surface area (Å²) in [5.41, 5.74) is 0.196. The molecule has 1 N–H and O–H groups in total. The molecule has 0 fully saturated rings. The molecule has 132 valence electrons. The third kappa shape index (κ3) is 3.40. The maximum absolute atomic E-state index is 12.5. The van der Waals surface area contributed by atoms with Crippen molar-refractivity contribution in [3.8, 4) is 11.5 Å². The van der Waals surface area contributed by atoms with E-state index < -0.39 is 15.4 Å². The molecular formula is C18H13NO6S. The molecule has 0 aliphatic heterocycles. The summed E-state index contributed by atoms with van der Waals surface area (Å²) >= 11 is 0.871. The van der Waals surface area contributed by atoms with Gasteiger partial charge in [0.2, 0.25) is 4.74 Å². The van der Waals surface area contributed by atoms with Crippen LogP contribution in [0.2, 0.25) is 0 Å². The van der Waals surface area contributed by atoms with Crippen LogP contribution in [0.25, 0.3) is 10.1 Å². The summed E-state index contributed by atoms with van der Waals surface area (Å²) < 4.78 is 5.09. The van der Waals surface area contributed by atoms with Crippen LogP contribution in [0, 0.1) is 10.1 Å². The maximum Gasteiger partial charge on any atom is 0.311 e. The van der Waals surface area contributed by atoms with Gasteiger partial charge in [0, 0.05) is 17.2 Å². The number of phenols is 1. The Morgan fingerprint density at radius 2 is 2.00 bits per heavy atom. The van der Waals surface area contributed by atoms with E-state index >= 15 is 0 Å². The number of aromatic hydroxyl groups is 1. The highest BCUT2D eigenvalue weighted by Gasteiger charge is 2.18. The van der Waals surface area contributed by atoms with Gasteiger partial charge in [0.05, 0.1) is 17.6 Å². The monoisotopic (exact) mass is 371 g/mol. The zero-order valence-electron chi connectivity index (χ0n) is 13.6. The molecule has 3 aromatic rings. The topological polar surface area (TPSA) is 107 Å². The molecule has 0 aliphatic carbocycles. The molecule has 0 unspecified atom stereocenters. The number of nitro groups is 1.